The second-order valence-electron chi connectivity index (χ2n) is 7.18. The summed E-state index contributed by atoms with van der Waals surface area (Å²) in [7, 11) is 5.20. The Morgan fingerprint density at radius 2 is 1.96 bits per heavy atom. The average molecular weight is 350 g/mol. The zero-order valence-corrected chi connectivity index (χ0v) is 15.6. The van der Waals surface area contributed by atoms with E-state index in [4.69, 9.17) is 14.2 Å². The fraction of sp³-hybridized carbons (Fsp3) is 0.778. The highest BCUT2D eigenvalue weighted by Crippen LogP contribution is 2.43. The lowest BCUT2D eigenvalue weighted by molar-refractivity contribution is 0.0901. The number of aromatic nitrogens is 2. The van der Waals surface area contributed by atoms with Gasteiger partial charge in [-0.2, -0.15) is 0 Å². The molecule has 7 nitrogen and oxygen atoms in total. The normalized spacial score (nSPS) is 23.3. The molecule has 0 aliphatic carbocycles. The maximum Gasteiger partial charge on any atom is 0.218 e. The summed E-state index contributed by atoms with van der Waals surface area (Å²) in [4.78, 5) is 13.4. The lowest BCUT2D eigenvalue weighted by Crippen LogP contribution is -2.42. The van der Waals surface area contributed by atoms with Crippen molar-refractivity contribution in [1.82, 2.24) is 14.9 Å². The summed E-state index contributed by atoms with van der Waals surface area (Å²) in [5, 5.41) is 0. The minimum atomic E-state index is 0.393. The number of hydrogen-bond acceptors (Lipinski definition) is 7. The molecular formula is C18H30N4O3. The van der Waals surface area contributed by atoms with E-state index in [0.29, 0.717) is 17.3 Å². The van der Waals surface area contributed by atoms with Crippen LogP contribution in [0.5, 0.6) is 5.88 Å². The zero-order chi connectivity index (χ0) is 17.7. The highest BCUT2D eigenvalue weighted by Gasteiger charge is 2.45. The van der Waals surface area contributed by atoms with Crippen molar-refractivity contribution in [3.63, 3.8) is 0 Å². The molecule has 140 valence electrons. The number of nitrogens with zero attached hydrogens (tertiary/aromatic N) is 4. The Morgan fingerprint density at radius 3 is 2.64 bits per heavy atom. The molecule has 2 aliphatic rings. The third-order valence-corrected chi connectivity index (χ3v) is 5.65. The van der Waals surface area contributed by atoms with Crippen molar-refractivity contribution in [2.45, 2.75) is 25.3 Å². The molecule has 1 aromatic heterocycles. The number of methoxy groups -OCH3 is 3. The number of likely N-dealkylation sites (tertiary alicyclic amines) is 1. The molecule has 25 heavy (non-hydrogen) atoms. The van der Waals surface area contributed by atoms with Gasteiger partial charge in [-0.15, -0.1) is 0 Å². The second-order valence-corrected chi connectivity index (χ2v) is 7.18. The predicted molar refractivity (Wildman–Crippen MR) is 96.2 cm³/mol. The van der Waals surface area contributed by atoms with Crippen LogP contribution in [-0.4, -0.2) is 81.6 Å². The summed E-state index contributed by atoms with van der Waals surface area (Å²) in [6.45, 7) is 5.77. The van der Waals surface area contributed by atoms with Crippen LogP contribution in [0.2, 0.25) is 0 Å². The van der Waals surface area contributed by atoms with Gasteiger partial charge >= 0.3 is 0 Å². The van der Waals surface area contributed by atoms with Crippen molar-refractivity contribution in [3.05, 3.63) is 12.4 Å². The van der Waals surface area contributed by atoms with Gasteiger partial charge < -0.3 is 19.1 Å². The minimum Gasteiger partial charge on any atom is -0.481 e. The molecule has 0 aromatic carbocycles. The van der Waals surface area contributed by atoms with Gasteiger partial charge in [0.25, 0.3) is 0 Å². The number of hydrogen-bond donors (Lipinski definition) is 0. The molecule has 1 aromatic rings. The summed E-state index contributed by atoms with van der Waals surface area (Å²) in [5.74, 6) is 1.58. The third kappa shape index (κ3) is 4.22. The molecule has 0 N–H and O–H groups in total. The van der Waals surface area contributed by atoms with Crippen LogP contribution in [0.25, 0.3) is 0 Å². The zero-order valence-electron chi connectivity index (χ0n) is 15.6. The standard InChI is InChI=1S/C18H30N4O3/c1-23-9-8-22-13-18(11-15(22)12-24-2)4-6-21(7-5-18)16-10-17(25-3)20-14-19-16/h10,14-15H,4-9,11-13H2,1-3H3/t15-/m1/s1. The fourth-order valence-electron chi connectivity index (χ4n) is 4.27. The molecule has 0 radical (unpaired) electrons. The Hall–Kier alpha value is -1.44. The number of piperidine rings is 1. The van der Waals surface area contributed by atoms with Crippen LogP contribution < -0.4 is 9.64 Å². The van der Waals surface area contributed by atoms with Gasteiger partial charge in [0, 0.05) is 52.5 Å². The first-order valence-electron chi connectivity index (χ1n) is 9.02. The first-order chi connectivity index (χ1) is 12.2. The Labute approximate surface area is 150 Å². The molecule has 3 heterocycles. The Morgan fingerprint density at radius 1 is 1.16 bits per heavy atom. The monoisotopic (exact) mass is 350 g/mol. The molecular weight excluding hydrogens is 320 g/mol. The van der Waals surface area contributed by atoms with E-state index >= 15 is 0 Å². The van der Waals surface area contributed by atoms with Crippen LogP contribution in [0.1, 0.15) is 19.3 Å². The van der Waals surface area contributed by atoms with E-state index in [2.05, 4.69) is 19.8 Å². The van der Waals surface area contributed by atoms with Gasteiger partial charge in [-0.3, -0.25) is 4.90 Å². The fourth-order valence-corrected chi connectivity index (χ4v) is 4.27. The Balaban J connectivity index is 1.62. The van der Waals surface area contributed by atoms with Crippen molar-refractivity contribution in [2.24, 2.45) is 5.41 Å². The Bertz CT molecular complexity index is 549. The van der Waals surface area contributed by atoms with Crippen molar-refractivity contribution in [2.75, 3.05) is 65.6 Å². The topological polar surface area (TPSA) is 60.0 Å². The van der Waals surface area contributed by atoms with Crippen molar-refractivity contribution >= 4 is 5.82 Å². The van der Waals surface area contributed by atoms with Crippen LogP contribution in [-0.2, 0) is 9.47 Å². The summed E-state index contributed by atoms with van der Waals surface area (Å²) in [6, 6.07) is 2.43. The molecule has 0 saturated carbocycles. The first-order valence-corrected chi connectivity index (χ1v) is 9.02. The van der Waals surface area contributed by atoms with E-state index in [1.165, 1.54) is 19.3 Å². The maximum atomic E-state index is 5.46. The predicted octanol–water partition coefficient (Wildman–Crippen LogP) is 1.44. The maximum absolute atomic E-state index is 5.46. The molecule has 7 heteroatoms. The van der Waals surface area contributed by atoms with Crippen molar-refractivity contribution in [1.29, 1.82) is 0 Å². The van der Waals surface area contributed by atoms with Gasteiger partial charge in [0.15, 0.2) is 0 Å². The minimum absolute atomic E-state index is 0.393. The quantitative estimate of drug-likeness (QED) is 0.737. The molecule has 3 rings (SSSR count). The first kappa shape index (κ1) is 18.4. The molecule has 2 aliphatic heterocycles. The van der Waals surface area contributed by atoms with Gasteiger partial charge in [0.1, 0.15) is 12.1 Å². The number of rotatable bonds is 7. The van der Waals surface area contributed by atoms with E-state index in [1.807, 2.05) is 6.07 Å². The van der Waals surface area contributed by atoms with Crippen molar-refractivity contribution in [3.8, 4) is 5.88 Å². The molecule has 0 bridgehead atoms. The average Bonchev–Trinajstić information content (AvgIpc) is 2.98. The smallest absolute Gasteiger partial charge is 0.218 e. The van der Waals surface area contributed by atoms with E-state index in [0.717, 1.165) is 45.2 Å². The third-order valence-electron chi connectivity index (χ3n) is 5.65. The SMILES string of the molecule is COCCN1CC2(CCN(c3cc(OC)ncn3)CC2)C[C@@H]1COC. The lowest BCUT2D eigenvalue weighted by Gasteiger charge is -2.40. The molecule has 0 amide bonds. The van der Waals surface area contributed by atoms with Gasteiger partial charge in [0.05, 0.1) is 20.3 Å². The second kappa shape index (κ2) is 8.29. The number of anilines is 1. The summed E-state index contributed by atoms with van der Waals surface area (Å²) in [6.07, 6.45) is 5.16. The molecule has 1 spiro atoms. The van der Waals surface area contributed by atoms with E-state index in [1.54, 1.807) is 27.7 Å². The van der Waals surface area contributed by atoms with Gasteiger partial charge in [-0.25, -0.2) is 9.97 Å². The van der Waals surface area contributed by atoms with Crippen molar-refractivity contribution < 1.29 is 14.2 Å². The Kier molecular flexibility index (Phi) is 6.09. The lowest BCUT2D eigenvalue weighted by atomic mass is 9.76. The molecule has 2 fully saturated rings. The van der Waals surface area contributed by atoms with Crippen LogP contribution in [0.15, 0.2) is 12.4 Å². The molecule has 2 saturated heterocycles. The van der Waals surface area contributed by atoms with Gasteiger partial charge in [-0.1, -0.05) is 0 Å². The van der Waals surface area contributed by atoms with Gasteiger partial charge in [0.2, 0.25) is 5.88 Å². The molecule has 0 unspecified atom stereocenters. The summed E-state index contributed by atoms with van der Waals surface area (Å²) < 4.78 is 16.0. The van der Waals surface area contributed by atoms with E-state index in [9.17, 15) is 0 Å². The summed E-state index contributed by atoms with van der Waals surface area (Å²) in [5.41, 5.74) is 0.393. The van der Waals surface area contributed by atoms with Crippen LogP contribution in [0, 0.1) is 5.41 Å². The van der Waals surface area contributed by atoms with Crippen LogP contribution in [0.3, 0.4) is 0 Å². The molecule has 1 atom stereocenters. The summed E-state index contributed by atoms with van der Waals surface area (Å²) >= 11 is 0. The highest BCUT2D eigenvalue weighted by atomic mass is 16.5. The number of ether oxygens (including phenoxy) is 3. The van der Waals surface area contributed by atoms with E-state index < -0.39 is 0 Å². The van der Waals surface area contributed by atoms with Crippen LogP contribution in [0.4, 0.5) is 5.82 Å². The highest BCUT2D eigenvalue weighted by molar-refractivity contribution is 5.41. The van der Waals surface area contributed by atoms with Gasteiger partial charge in [-0.05, 0) is 24.7 Å². The van der Waals surface area contributed by atoms with Crippen LogP contribution >= 0.6 is 0 Å². The van der Waals surface area contributed by atoms with E-state index in [-0.39, 0.29) is 0 Å². The largest absolute Gasteiger partial charge is 0.481 e.